The maximum atomic E-state index is 13.2. The molecular weight excluding hydrogens is 494 g/mol. The number of hydrogen-bond donors (Lipinski definition) is 1. The predicted octanol–water partition coefficient (Wildman–Crippen LogP) is 3.44. The minimum Gasteiger partial charge on any atom is -0.458 e. The Labute approximate surface area is 217 Å². The molecule has 5 heterocycles. The minimum absolute atomic E-state index is 0.132. The van der Waals surface area contributed by atoms with Crippen molar-refractivity contribution in [2.24, 2.45) is 4.99 Å². The zero-order valence-corrected chi connectivity index (χ0v) is 21.0. The van der Waals surface area contributed by atoms with Crippen molar-refractivity contribution in [1.82, 2.24) is 14.7 Å². The number of carbonyl (C=O) groups excluding carboxylic acids is 3. The summed E-state index contributed by atoms with van der Waals surface area (Å²) in [4.78, 5) is 50.1. The third kappa shape index (κ3) is 3.74. The SMILES string of the molecule is CC(C)(C)OC(=O)C1Cc2cccc3c2N1C=CN=C3C1=C(c2cnc3ccc(Cl)cn23)C(=O)NC1=O. The molecule has 10 heteroatoms. The predicted molar refractivity (Wildman–Crippen MR) is 138 cm³/mol. The van der Waals surface area contributed by atoms with Gasteiger partial charge in [0.15, 0.2) is 0 Å². The van der Waals surface area contributed by atoms with Gasteiger partial charge in [0.05, 0.1) is 39.5 Å². The van der Waals surface area contributed by atoms with Crippen LogP contribution in [0, 0.1) is 0 Å². The molecule has 3 aromatic rings. The first-order valence-corrected chi connectivity index (χ1v) is 12.1. The number of pyridine rings is 1. The van der Waals surface area contributed by atoms with Crippen LogP contribution in [0.25, 0.3) is 11.2 Å². The van der Waals surface area contributed by atoms with Gasteiger partial charge in [-0.1, -0.05) is 29.8 Å². The topological polar surface area (TPSA) is 105 Å². The second-order valence-electron chi connectivity index (χ2n) is 10.0. The Kier molecular flexibility index (Phi) is 5.10. The molecule has 0 radical (unpaired) electrons. The van der Waals surface area contributed by atoms with Gasteiger partial charge in [0.2, 0.25) is 0 Å². The number of fused-ring (bicyclic) bond motifs is 1. The zero-order chi connectivity index (χ0) is 26.1. The molecule has 0 fully saturated rings. The van der Waals surface area contributed by atoms with E-state index >= 15 is 0 Å². The van der Waals surface area contributed by atoms with Crippen LogP contribution in [0.1, 0.15) is 37.6 Å². The Morgan fingerprint density at radius 2 is 1.92 bits per heavy atom. The number of hydrogen-bond acceptors (Lipinski definition) is 7. The Bertz CT molecular complexity index is 1630. The van der Waals surface area contributed by atoms with Crippen LogP contribution in [-0.2, 0) is 25.5 Å². The van der Waals surface area contributed by atoms with Crippen molar-refractivity contribution in [3.05, 3.63) is 82.5 Å². The third-order valence-corrected chi connectivity index (χ3v) is 6.61. The molecule has 9 nitrogen and oxygen atoms in total. The molecule has 186 valence electrons. The number of rotatable bonds is 3. The van der Waals surface area contributed by atoms with Gasteiger partial charge in [-0.05, 0) is 38.5 Å². The summed E-state index contributed by atoms with van der Waals surface area (Å²) in [5.41, 5.74) is 3.29. The standard InChI is InChI=1S/C27H22ClN5O4/c1-27(2,3)37-26(36)17-11-14-5-4-6-16-22(29-9-10-32(17)23(14)16)21-20(24(34)31-25(21)35)18-12-30-19-8-7-15(28)13-33(18)19/h4-10,12-13,17H,11H2,1-3H3,(H,31,34,35). The lowest BCUT2D eigenvalue weighted by atomic mass is 9.94. The van der Waals surface area contributed by atoms with E-state index in [1.807, 2.05) is 43.9 Å². The highest BCUT2D eigenvalue weighted by atomic mass is 35.5. The van der Waals surface area contributed by atoms with Gasteiger partial charge >= 0.3 is 5.97 Å². The molecule has 0 aliphatic carbocycles. The monoisotopic (exact) mass is 515 g/mol. The van der Waals surface area contributed by atoms with Crippen LogP contribution in [0.3, 0.4) is 0 Å². The van der Waals surface area contributed by atoms with Gasteiger partial charge in [0.25, 0.3) is 11.8 Å². The smallest absolute Gasteiger partial charge is 0.329 e. The molecule has 0 bridgehead atoms. The molecule has 37 heavy (non-hydrogen) atoms. The molecule has 0 saturated carbocycles. The molecule has 1 atom stereocenters. The highest BCUT2D eigenvalue weighted by molar-refractivity contribution is 6.47. The number of anilines is 1. The molecule has 1 aromatic carbocycles. The normalized spacial score (nSPS) is 18.8. The maximum Gasteiger partial charge on any atom is 0.329 e. The molecule has 0 spiro atoms. The van der Waals surface area contributed by atoms with Gasteiger partial charge in [-0.2, -0.15) is 0 Å². The van der Waals surface area contributed by atoms with Crippen molar-refractivity contribution in [2.45, 2.75) is 38.8 Å². The number of benzene rings is 1. The third-order valence-electron chi connectivity index (χ3n) is 6.39. The summed E-state index contributed by atoms with van der Waals surface area (Å²) in [7, 11) is 0. The number of aliphatic imine (C=N–C) groups is 1. The van der Waals surface area contributed by atoms with E-state index in [2.05, 4.69) is 15.3 Å². The Morgan fingerprint density at radius 3 is 2.70 bits per heavy atom. The van der Waals surface area contributed by atoms with Gasteiger partial charge in [0.1, 0.15) is 17.3 Å². The molecule has 3 aliphatic rings. The largest absolute Gasteiger partial charge is 0.458 e. The Hall–Kier alpha value is -4.24. The molecule has 0 saturated heterocycles. The van der Waals surface area contributed by atoms with Crippen LogP contribution in [0.5, 0.6) is 0 Å². The number of imidazole rings is 1. The minimum atomic E-state index is -0.634. The quantitative estimate of drug-likeness (QED) is 0.423. The van der Waals surface area contributed by atoms with Crippen LogP contribution < -0.4 is 10.2 Å². The van der Waals surface area contributed by atoms with Crippen LogP contribution >= 0.6 is 11.6 Å². The van der Waals surface area contributed by atoms with Crippen LogP contribution in [0.4, 0.5) is 5.69 Å². The van der Waals surface area contributed by atoms with Gasteiger partial charge in [-0.3, -0.25) is 24.3 Å². The number of imide groups is 1. The molecular formula is C27H22ClN5O4. The highest BCUT2D eigenvalue weighted by Crippen LogP contribution is 2.40. The number of ether oxygens (including phenoxy) is 1. The van der Waals surface area contributed by atoms with E-state index in [4.69, 9.17) is 16.3 Å². The lowest BCUT2D eigenvalue weighted by Gasteiger charge is -2.27. The number of aromatic nitrogens is 2. The lowest BCUT2D eigenvalue weighted by molar-refractivity contribution is -0.156. The average molecular weight is 516 g/mol. The molecule has 1 unspecified atom stereocenters. The Balaban J connectivity index is 1.51. The summed E-state index contributed by atoms with van der Waals surface area (Å²) >= 11 is 6.20. The Morgan fingerprint density at radius 1 is 1.14 bits per heavy atom. The number of carbonyl (C=O) groups is 3. The van der Waals surface area contributed by atoms with Crippen molar-refractivity contribution in [2.75, 3.05) is 4.90 Å². The fourth-order valence-corrected chi connectivity index (χ4v) is 5.13. The zero-order valence-electron chi connectivity index (χ0n) is 20.3. The number of nitrogens with zero attached hydrogens (tertiary/aromatic N) is 4. The number of nitrogens with one attached hydrogen (secondary N) is 1. The van der Waals surface area contributed by atoms with E-state index in [1.165, 1.54) is 12.4 Å². The second kappa shape index (κ2) is 8.14. The first-order chi connectivity index (χ1) is 17.6. The van der Waals surface area contributed by atoms with Gasteiger partial charge in [-0.15, -0.1) is 0 Å². The summed E-state index contributed by atoms with van der Waals surface area (Å²) in [5.74, 6) is -1.45. The van der Waals surface area contributed by atoms with E-state index in [9.17, 15) is 14.4 Å². The van der Waals surface area contributed by atoms with Crippen molar-refractivity contribution < 1.29 is 19.1 Å². The fraction of sp³-hybridized carbons (Fsp3) is 0.222. The first kappa shape index (κ1) is 23.2. The van der Waals surface area contributed by atoms with E-state index < -0.39 is 23.5 Å². The number of para-hydroxylation sites is 1. The summed E-state index contributed by atoms with van der Waals surface area (Å²) in [6.45, 7) is 5.48. The number of esters is 1. The number of halogens is 1. The van der Waals surface area contributed by atoms with Gasteiger partial charge in [-0.25, -0.2) is 9.78 Å². The van der Waals surface area contributed by atoms with Crippen molar-refractivity contribution in [1.29, 1.82) is 0 Å². The van der Waals surface area contributed by atoms with E-state index in [0.717, 1.165) is 11.3 Å². The van der Waals surface area contributed by atoms with Crippen molar-refractivity contribution in [3.8, 4) is 0 Å². The van der Waals surface area contributed by atoms with Crippen LogP contribution in [0.15, 0.2) is 65.7 Å². The van der Waals surface area contributed by atoms with Crippen molar-refractivity contribution >= 4 is 52.0 Å². The number of amides is 2. The van der Waals surface area contributed by atoms with E-state index in [1.54, 1.807) is 28.9 Å². The fourth-order valence-electron chi connectivity index (χ4n) is 4.97. The molecule has 2 amide bonds. The van der Waals surface area contributed by atoms with Crippen LogP contribution in [-0.4, -0.2) is 44.5 Å². The summed E-state index contributed by atoms with van der Waals surface area (Å²) in [6, 6.07) is 8.48. The summed E-state index contributed by atoms with van der Waals surface area (Å²) in [6.07, 6.45) is 6.86. The van der Waals surface area contributed by atoms with Gasteiger partial charge < -0.3 is 9.64 Å². The first-order valence-electron chi connectivity index (χ1n) is 11.7. The van der Waals surface area contributed by atoms with Crippen LogP contribution in [0.2, 0.25) is 5.02 Å². The van der Waals surface area contributed by atoms with Crippen molar-refractivity contribution in [3.63, 3.8) is 0 Å². The maximum absolute atomic E-state index is 13.2. The summed E-state index contributed by atoms with van der Waals surface area (Å²) in [5, 5.41) is 2.87. The van der Waals surface area contributed by atoms with Gasteiger partial charge in [0, 0.05) is 30.6 Å². The highest BCUT2D eigenvalue weighted by Gasteiger charge is 2.42. The molecule has 3 aliphatic heterocycles. The molecule has 1 N–H and O–H groups in total. The lowest BCUT2D eigenvalue weighted by Crippen LogP contribution is -2.40. The molecule has 2 aromatic heterocycles. The average Bonchev–Trinajstić information content (AvgIpc) is 3.44. The van der Waals surface area contributed by atoms with E-state index in [0.29, 0.717) is 34.1 Å². The molecule has 6 rings (SSSR count). The second-order valence-corrected chi connectivity index (χ2v) is 10.4. The van der Waals surface area contributed by atoms with E-state index in [-0.39, 0.29) is 17.1 Å². The summed E-state index contributed by atoms with van der Waals surface area (Å²) < 4.78 is 7.34.